The van der Waals surface area contributed by atoms with Crippen molar-refractivity contribution in [2.45, 2.75) is 20.8 Å². The predicted molar refractivity (Wildman–Crippen MR) is 111 cm³/mol. The zero-order valence-corrected chi connectivity index (χ0v) is 16.6. The fourth-order valence-electron chi connectivity index (χ4n) is 2.91. The minimum atomic E-state index is -0.317. The molecule has 2 heterocycles. The molecule has 2 aromatic heterocycles. The Kier molecular flexibility index (Phi) is 4.75. The number of rotatable bonds is 4. The Labute approximate surface area is 166 Å². The maximum Gasteiger partial charge on any atom is 0.279 e. The summed E-state index contributed by atoms with van der Waals surface area (Å²) in [5, 5.41) is 13.5. The molecule has 0 saturated carbocycles. The van der Waals surface area contributed by atoms with Crippen LogP contribution in [0.5, 0.6) is 0 Å². The predicted octanol–water partition coefficient (Wildman–Crippen LogP) is 4.57. The number of para-hydroxylation sites is 1. The van der Waals surface area contributed by atoms with Gasteiger partial charge in [0.15, 0.2) is 10.8 Å². The van der Waals surface area contributed by atoms with Gasteiger partial charge in [0.05, 0.1) is 17.1 Å². The van der Waals surface area contributed by atoms with Crippen molar-refractivity contribution in [3.63, 3.8) is 0 Å². The number of nitrogens with one attached hydrogen (secondary N) is 1. The zero-order chi connectivity index (χ0) is 19.7. The summed E-state index contributed by atoms with van der Waals surface area (Å²) in [5.41, 5.74) is 5.98. The van der Waals surface area contributed by atoms with Crippen LogP contribution in [0.3, 0.4) is 0 Å². The lowest BCUT2D eigenvalue weighted by Crippen LogP contribution is -2.14. The van der Waals surface area contributed by atoms with Crippen LogP contribution in [0.15, 0.2) is 53.9 Å². The fourth-order valence-corrected chi connectivity index (χ4v) is 3.63. The average molecular weight is 389 g/mol. The highest BCUT2D eigenvalue weighted by atomic mass is 32.1. The number of benzene rings is 2. The van der Waals surface area contributed by atoms with E-state index in [-0.39, 0.29) is 11.6 Å². The van der Waals surface area contributed by atoms with E-state index in [9.17, 15) is 4.79 Å². The van der Waals surface area contributed by atoms with Crippen molar-refractivity contribution in [1.82, 2.24) is 20.0 Å². The Bertz CT molecular complexity index is 1140. The summed E-state index contributed by atoms with van der Waals surface area (Å²) >= 11 is 1.39. The normalized spacial score (nSPS) is 10.8. The lowest BCUT2D eigenvalue weighted by molar-refractivity contribution is 0.102. The number of hydrogen-bond acceptors (Lipinski definition) is 5. The first-order valence-corrected chi connectivity index (χ1v) is 9.73. The van der Waals surface area contributed by atoms with E-state index >= 15 is 0 Å². The quantitative estimate of drug-likeness (QED) is 0.555. The summed E-state index contributed by atoms with van der Waals surface area (Å²) in [4.78, 5) is 17.2. The molecule has 28 heavy (non-hydrogen) atoms. The summed E-state index contributed by atoms with van der Waals surface area (Å²) in [6, 6.07) is 16.0. The van der Waals surface area contributed by atoms with Crippen molar-refractivity contribution < 1.29 is 4.79 Å². The van der Waals surface area contributed by atoms with E-state index in [1.807, 2.05) is 74.7 Å². The van der Waals surface area contributed by atoms with Crippen LogP contribution < -0.4 is 5.32 Å². The Morgan fingerprint density at radius 3 is 2.54 bits per heavy atom. The van der Waals surface area contributed by atoms with Crippen molar-refractivity contribution in [2.24, 2.45) is 0 Å². The summed E-state index contributed by atoms with van der Waals surface area (Å²) in [6.45, 7) is 5.88. The second kappa shape index (κ2) is 7.36. The molecule has 0 aliphatic carbocycles. The Balaban J connectivity index is 1.55. The van der Waals surface area contributed by atoms with Crippen LogP contribution >= 0.6 is 11.3 Å². The molecule has 0 aliphatic heterocycles. The molecule has 4 aromatic rings. The average Bonchev–Trinajstić information content (AvgIpc) is 3.30. The summed E-state index contributed by atoms with van der Waals surface area (Å²) in [5.74, 6) is -0.317. The third kappa shape index (κ3) is 3.44. The highest BCUT2D eigenvalue weighted by Gasteiger charge is 2.19. The van der Waals surface area contributed by atoms with Gasteiger partial charge in [-0.2, -0.15) is 0 Å². The SMILES string of the molecule is Cc1ccc(-c2csc(NC(=O)c3nnn(-c4ccccc4C)c3C)n2)cc1. The Hall–Kier alpha value is -3.32. The van der Waals surface area contributed by atoms with Crippen molar-refractivity contribution >= 4 is 22.4 Å². The smallest absolute Gasteiger partial charge is 0.279 e. The second-order valence-electron chi connectivity index (χ2n) is 6.58. The van der Waals surface area contributed by atoms with Crippen molar-refractivity contribution in [3.05, 3.63) is 76.4 Å². The zero-order valence-electron chi connectivity index (χ0n) is 15.8. The number of aryl methyl sites for hydroxylation is 2. The molecule has 140 valence electrons. The van der Waals surface area contributed by atoms with Crippen LogP contribution in [0.25, 0.3) is 16.9 Å². The largest absolute Gasteiger partial charge is 0.296 e. The third-order valence-electron chi connectivity index (χ3n) is 4.53. The number of thiazole rings is 1. The number of nitrogens with zero attached hydrogens (tertiary/aromatic N) is 4. The molecule has 1 amide bonds. The fraction of sp³-hybridized carbons (Fsp3) is 0.143. The van der Waals surface area contributed by atoms with Gasteiger partial charge in [0.1, 0.15) is 0 Å². The lowest BCUT2D eigenvalue weighted by atomic mass is 10.1. The number of hydrogen-bond donors (Lipinski definition) is 1. The number of amides is 1. The van der Waals surface area contributed by atoms with Crippen LogP contribution in [-0.2, 0) is 0 Å². The van der Waals surface area contributed by atoms with E-state index in [2.05, 4.69) is 20.6 Å². The second-order valence-corrected chi connectivity index (χ2v) is 7.44. The molecule has 0 spiro atoms. The van der Waals surface area contributed by atoms with Crippen LogP contribution in [0.2, 0.25) is 0 Å². The van der Waals surface area contributed by atoms with Crippen LogP contribution in [0.1, 0.15) is 27.3 Å². The number of aromatic nitrogens is 4. The van der Waals surface area contributed by atoms with Gasteiger partial charge in [-0.05, 0) is 32.4 Å². The van der Waals surface area contributed by atoms with Gasteiger partial charge in [0, 0.05) is 10.9 Å². The molecular formula is C21H19N5OS. The monoisotopic (exact) mass is 389 g/mol. The summed E-state index contributed by atoms with van der Waals surface area (Å²) in [7, 11) is 0. The molecule has 0 unspecified atom stereocenters. The topological polar surface area (TPSA) is 72.7 Å². The number of anilines is 1. The number of carbonyl (C=O) groups excluding carboxylic acids is 1. The van der Waals surface area contributed by atoms with Gasteiger partial charge in [-0.1, -0.05) is 53.2 Å². The van der Waals surface area contributed by atoms with Gasteiger partial charge in [-0.25, -0.2) is 9.67 Å². The summed E-state index contributed by atoms with van der Waals surface area (Å²) in [6.07, 6.45) is 0. The first kappa shape index (κ1) is 18.1. The molecular weight excluding hydrogens is 370 g/mol. The maximum absolute atomic E-state index is 12.7. The van der Waals surface area contributed by atoms with Crippen LogP contribution in [-0.4, -0.2) is 25.9 Å². The standard InChI is InChI=1S/C21H19N5OS/c1-13-8-10-16(11-9-13)17-12-28-21(22-17)23-20(27)19-15(3)26(25-24-19)18-7-5-4-6-14(18)2/h4-12H,1-3H3,(H,22,23,27). The molecule has 0 aliphatic rings. The van der Waals surface area contributed by atoms with Gasteiger partial charge in [-0.15, -0.1) is 16.4 Å². The number of carbonyl (C=O) groups is 1. The maximum atomic E-state index is 12.7. The van der Waals surface area contributed by atoms with E-state index in [4.69, 9.17) is 0 Å². The Morgan fingerprint density at radius 2 is 1.79 bits per heavy atom. The van der Waals surface area contributed by atoms with Gasteiger partial charge in [0.2, 0.25) is 0 Å². The molecule has 7 heteroatoms. The molecule has 0 fully saturated rings. The molecule has 2 aromatic carbocycles. The van der Waals surface area contributed by atoms with Gasteiger partial charge in [0.25, 0.3) is 5.91 Å². The third-order valence-corrected chi connectivity index (χ3v) is 5.28. The van der Waals surface area contributed by atoms with Crippen LogP contribution in [0, 0.1) is 20.8 Å². The Morgan fingerprint density at radius 1 is 1.04 bits per heavy atom. The molecule has 0 saturated heterocycles. The first-order valence-electron chi connectivity index (χ1n) is 8.85. The highest BCUT2D eigenvalue weighted by molar-refractivity contribution is 7.14. The van der Waals surface area contributed by atoms with Crippen molar-refractivity contribution in [1.29, 1.82) is 0 Å². The first-order chi connectivity index (χ1) is 13.5. The van der Waals surface area contributed by atoms with Crippen molar-refractivity contribution in [3.8, 4) is 16.9 Å². The molecule has 0 radical (unpaired) electrons. The van der Waals surface area contributed by atoms with E-state index in [1.165, 1.54) is 16.9 Å². The van der Waals surface area contributed by atoms with E-state index in [1.54, 1.807) is 4.68 Å². The molecule has 4 rings (SSSR count). The lowest BCUT2D eigenvalue weighted by Gasteiger charge is -2.06. The van der Waals surface area contributed by atoms with Crippen LogP contribution in [0.4, 0.5) is 5.13 Å². The van der Waals surface area contributed by atoms with Gasteiger partial charge >= 0.3 is 0 Å². The van der Waals surface area contributed by atoms with E-state index < -0.39 is 0 Å². The molecule has 1 N–H and O–H groups in total. The summed E-state index contributed by atoms with van der Waals surface area (Å²) < 4.78 is 1.68. The molecule has 0 atom stereocenters. The minimum absolute atomic E-state index is 0.287. The molecule has 0 bridgehead atoms. The highest BCUT2D eigenvalue weighted by Crippen LogP contribution is 2.25. The minimum Gasteiger partial charge on any atom is -0.296 e. The van der Waals surface area contributed by atoms with Crippen molar-refractivity contribution in [2.75, 3.05) is 5.32 Å². The van der Waals surface area contributed by atoms with E-state index in [0.29, 0.717) is 10.8 Å². The van der Waals surface area contributed by atoms with Gasteiger partial charge < -0.3 is 0 Å². The molecule has 6 nitrogen and oxygen atoms in total. The van der Waals surface area contributed by atoms with E-state index in [0.717, 1.165) is 22.5 Å². The van der Waals surface area contributed by atoms with Gasteiger partial charge in [-0.3, -0.25) is 10.1 Å².